The Balaban J connectivity index is 1.48. The van der Waals surface area contributed by atoms with Crippen molar-refractivity contribution in [3.05, 3.63) is 71.4 Å². The average molecular weight is 482 g/mol. The Hall–Kier alpha value is -4.08. The third kappa shape index (κ3) is 4.27. The van der Waals surface area contributed by atoms with E-state index in [0.717, 1.165) is 11.8 Å². The van der Waals surface area contributed by atoms with Crippen molar-refractivity contribution in [2.24, 2.45) is 0 Å². The Morgan fingerprint density at radius 2 is 1.71 bits per heavy atom. The van der Waals surface area contributed by atoms with Gasteiger partial charge in [0.1, 0.15) is 5.75 Å². The van der Waals surface area contributed by atoms with E-state index in [1.807, 2.05) is 12.1 Å². The van der Waals surface area contributed by atoms with Gasteiger partial charge in [-0.3, -0.25) is 4.79 Å². The molecule has 1 aliphatic heterocycles. The molecule has 0 spiro atoms. The average Bonchev–Trinajstić information content (AvgIpc) is 3.24. The van der Waals surface area contributed by atoms with E-state index in [1.165, 1.54) is 24.3 Å². The molecule has 0 radical (unpaired) electrons. The fourth-order valence-electron chi connectivity index (χ4n) is 4.36. The molecule has 180 valence electrons. The predicted octanol–water partition coefficient (Wildman–Crippen LogP) is 4.89. The highest BCUT2D eigenvalue weighted by atomic mass is 19.4. The van der Waals surface area contributed by atoms with Gasteiger partial charge in [0, 0.05) is 37.4 Å². The highest BCUT2D eigenvalue weighted by Crippen LogP contribution is 2.38. The first-order valence-corrected chi connectivity index (χ1v) is 11.0. The van der Waals surface area contributed by atoms with E-state index >= 15 is 0 Å². The number of nitrogens with zero attached hydrogens (tertiary/aromatic N) is 4. The Morgan fingerprint density at radius 1 is 1.03 bits per heavy atom. The molecule has 1 N–H and O–H groups in total. The van der Waals surface area contributed by atoms with E-state index in [1.54, 1.807) is 24.0 Å². The largest absolute Gasteiger partial charge is 0.508 e. The first-order chi connectivity index (χ1) is 16.7. The molecule has 0 atom stereocenters. The lowest BCUT2D eigenvalue weighted by Gasteiger charge is -2.36. The molecule has 0 bridgehead atoms. The third-order valence-electron chi connectivity index (χ3n) is 6.14. The fourth-order valence-corrected chi connectivity index (χ4v) is 4.36. The minimum atomic E-state index is -4.58. The number of amides is 1. The van der Waals surface area contributed by atoms with Gasteiger partial charge in [0.25, 0.3) is 11.6 Å². The van der Waals surface area contributed by atoms with Gasteiger partial charge in [-0.2, -0.15) is 13.2 Å². The van der Waals surface area contributed by atoms with Gasteiger partial charge in [-0.25, -0.2) is 4.98 Å². The smallest absolute Gasteiger partial charge is 0.417 e. The Morgan fingerprint density at radius 3 is 2.40 bits per heavy atom. The Labute approximate surface area is 198 Å². The minimum Gasteiger partial charge on any atom is -0.508 e. The zero-order valence-electron chi connectivity index (χ0n) is 18.7. The van der Waals surface area contributed by atoms with Gasteiger partial charge >= 0.3 is 6.18 Å². The zero-order valence-corrected chi connectivity index (χ0v) is 18.7. The van der Waals surface area contributed by atoms with Crippen LogP contribution in [0, 0.1) is 6.92 Å². The lowest BCUT2D eigenvalue weighted by Crippen LogP contribution is -2.48. The molecule has 0 saturated carbocycles. The van der Waals surface area contributed by atoms with Gasteiger partial charge in [0.2, 0.25) is 0 Å². The summed E-state index contributed by atoms with van der Waals surface area (Å²) in [6, 6.07) is 13.3. The highest BCUT2D eigenvalue weighted by Gasteiger charge is 2.34. The van der Waals surface area contributed by atoms with Crippen molar-refractivity contribution in [3.8, 4) is 17.0 Å². The number of rotatable bonds is 3. The second-order valence-corrected chi connectivity index (χ2v) is 8.34. The third-order valence-corrected chi connectivity index (χ3v) is 6.14. The van der Waals surface area contributed by atoms with Crippen molar-refractivity contribution in [2.45, 2.75) is 13.1 Å². The number of aromatic nitrogens is 2. The van der Waals surface area contributed by atoms with Gasteiger partial charge in [-0.1, -0.05) is 23.4 Å². The number of benzene rings is 2. The molecule has 5 rings (SSSR count). The molecular weight excluding hydrogens is 461 g/mol. The number of carbonyl (C=O) groups is 1. The Bertz CT molecular complexity index is 1390. The van der Waals surface area contributed by atoms with Crippen molar-refractivity contribution in [3.63, 3.8) is 0 Å². The lowest BCUT2D eigenvalue weighted by atomic mass is 10.00. The number of aryl methyl sites for hydroxylation is 1. The number of anilines is 1. The maximum Gasteiger partial charge on any atom is 0.417 e. The predicted molar refractivity (Wildman–Crippen MR) is 123 cm³/mol. The van der Waals surface area contributed by atoms with Crippen LogP contribution in [-0.4, -0.2) is 52.2 Å². The monoisotopic (exact) mass is 482 g/mol. The zero-order chi connectivity index (χ0) is 24.7. The first kappa shape index (κ1) is 22.7. The van der Waals surface area contributed by atoms with Crippen LogP contribution in [0.5, 0.6) is 5.75 Å². The molecule has 0 aliphatic carbocycles. The quantitative estimate of drug-likeness (QED) is 0.448. The molecule has 7 nitrogen and oxygen atoms in total. The van der Waals surface area contributed by atoms with Crippen molar-refractivity contribution >= 4 is 22.7 Å². The normalized spacial score (nSPS) is 14.5. The van der Waals surface area contributed by atoms with E-state index in [-0.39, 0.29) is 34.2 Å². The van der Waals surface area contributed by atoms with Gasteiger partial charge in [0.15, 0.2) is 0 Å². The topological polar surface area (TPSA) is 82.7 Å². The van der Waals surface area contributed by atoms with E-state index < -0.39 is 11.7 Å². The molecule has 1 amide bonds. The van der Waals surface area contributed by atoms with Crippen LogP contribution in [0.4, 0.5) is 18.9 Å². The molecule has 1 saturated heterocycles. The molecule has 3 heterocycles. The van der Waals surface area contributed by atoms with E-state index in [0.29, 0.717) is 37.3 Å². The van der Waals surface area contributed by atoms with Crippen LogP contribution < -0.4 is 4.90 Å². The Kier molecular flexibility index (Phi) is 5.58. The SMILES string of the molecule is Cc1noc2nc(-c3ccccc3C(F)(F)F)cc(C(=O)N3CCN(c4ccc(O)cc4)CC3)c12. The summed E-state index contributed by atoms with van der Waals surface area (Å²) >= 11 is 0. The number of hydrogen-bond donors (Lipinski definition) is 1. The van der Waals surface area contributed by atoms with Crippen LogP contribution in [0.25, 0.3) is 22.4 Å². The van der Waals surface area contributed by atoms with Gasteiger partial charge in [0.05, 0.1) is 27.9 Å². The van der Waals surface area contributed by atoms with Crippen LogP contribution in [0.1, 0.15) is 21.6 Å². The minimum absolute atomic E-state index is 0.00680. The summed E-state index contributed by atoms with van der Waals surface area (Å²) in [5.74, 6) is -0.143. The maximum absolute atomic E-state index is 13.6. The summed E-state index contributed by atoms with van der Waals surface area (Å²) in [5.41, 5.74) is 0.608. The number of hydrogen-bond acceptors (Lipinski definition) is 6. The summed E-state index contributed by atoms with van der Waals surface area (Å²) in [5, 5.41) is 13.8. The van der Waals surface area contributed by atoms with Crippen molar-refractivity contribution in [2.75, 3.05) is 31.1 Å². The van der Waals surface area contributed by atoms with E-state index in [4.69, 9.17) is 4.52 Å². The van der Waals surface area contributed by atoms with Crippen LogP contribution in [0.15, 0.2) is 59.1 Å². The molecule has 0 unspecified atom stereocenters. The molecule has 4 aromatic rings. The summed E-state index contributed by atoms with van der Waals surface area (Å²) in [6.45, 7) is 3.63. The molecule has 2 aromatic carbocycles. The van der Waals surface area contributed by atoms with E-state index in [9.17, 15) is 23.1 Å². The highest BCUT2D eigenvalue weighted by molar-refractivity contribution is 6.07. The lowest BCUT2D eigenvalue weighted by molar-refractivity contribution is -0.137. The molecule has 35 heavy (non-hydrogen) atoms. The maximum atomic E-state index is 13.6. The number of pyridine rings is 1. The molecule has 1 fully saturated rings. The summed E-state index contributed by atoms with van der Waals surface area (Å²) < 4.78 is 46.2. The number of phenols is 1. The number of carbonyl (C=O) groups excluding carboxylic acids is 1. The number of alkyl halides is 3. The van der Waals surface area contributed by atoms with Crippen LogP contribution in [-0.2, 0) is 6.18 Å². The number of phenolic OH excluding ortho intramolecular Hbond substituents is 1. The standard InChI is InChI=1S/C25H21F3N4O3/c1-15-22-19(24(34)32-12-10-31(11-13-32)16-6-8-17(33)9-7-16)14-21(29-23(22)35-30-15)18-4-2-3-5-20(18)25(26,27)28/h2-9,14,33H,10-13H2,1H3. The van der Waals surface area contributed by atoms with Crippen molar-refractivity contribution < 1.29 is 27.6 Å². The molecule has 1 aliphatic rings. The molecule has 2 aromatic heterocycles. The van der Waals surface area contributed by atoms with Crippen molar-refractivity contribution in [1.82, 2.24) is 15.0 Å². The first-order valence-electron chi connectivity index (χ1n) is 11.0. The van der Waals surface area contributed by atoms with Gasteiger partial charge in [-0.15, -0.1) is 0 Å². The summed E-state index contributed by atoms with van der Waals surface area (Å²) in [7, 11) is 0. The number of piperazine rings is 1. The van der Waals surface area contributed by atoms with Gasteiger partial charge in [-0.05, 0) is 43.3 Å². The second kappa shape index (κ2) is 8.61. The number of halogens is 3. The number of aromatic hydroxyl groups is 1. The molecular formula is C25H21F3N4O3. The fraction of sp³-hybridized carbons (Fsp3) is 0.240. The summed E-state index contributed by atoms with van der Waals surface area (Å²) in [6.07, 6.45) is -4.58. The number of fused-ring (bicyclic) bond motifs is 1. The van der Waals surface area contributed by atoms with Crippen molar-refractivity contribution in [1.29, 1.82) is 0 Å². The van der Waals surface area contributed by atoms with Gasteiger partial charge < -0.3 is 19.4 Å². The van der Waals surface area contributed by atoms with Crippen LogP contribution in [0.3, 0.4) is 0 Å². The van der Waals surface area contributed by atoms with Crippen LogP contribution >= 0.6 is 0 Å². The summed E-state index contributed by atoms with van der Waals surface area (Å²) in [4.78, 5) is 21.6. The van der Waals surface area contributed by atoms with E-state index in [2.05, 4.69) is 15.0 Å². The molecule has 10 heteroatoms. The van der Waals surface area contributed by atoms with Crippen LogP contribution in [0.2, 0.25) is 0 Å². The second-order valence-electron chi connectivity index (χ2n) is 8.34.